The Morgan fingerprint density at radius 2 is 2.17 bits per heavy atom. The molecule has 0 fully saturated rings. The summed E-state index contributed by atoms with van der Waals surface area (Å²) in [5.74, 6) is 1.25. The van der Waals surface area contributed by atoms with Crippen molar-refractivity contribution in [2.75, 3.05) is 5.75 Å². The number of hydrogen-bond donors (Lipinski definition) is 1. The van der Waals surface area contributed by atoms with E-state index in [2.05, 4.69) is 27.3 Å². The monoisotopic (exact) mass is 341 g/mol. The number of Topliss-reactive ketones (excluding diaryl/α,β-unsaturated/α-hetero) is 1. The number of rotatable bonds is 5. The largest absolute Gasteiger partial charge is 0.293 e. The number of carbonyl (C=O) groups is 1. The molecule has 2 aromatic heterocycles. The van der Waals surface area contributed by atoms with Crippen molar-refractivity contribution in [1.29, 1.82) is 0 Å². The maximum atomic E-state index is 12.4. The molecule has 4 nitrogen and oxygen atoms in total. The molecule has 1 aromatic carbocycles. The van der Waals surface area contributed by atoms with Crippen molar-refractivity contribution in [3.05, 3.63) is 52.4 Å². The summed E-state index contributed by atoms with van der Waals surface area (Å²) in [6.07, 6.45) is 3.43. The number of aryl methyl sites for hydroxylation is 2. The maximum absolute atomic E-state index is 12.4. The van der Waals surface area contributed by atoms with E-state index in [1.54, 1.807) is 11.3 Å². The highest BCUT2D eigenvalue weighted by Crippen LogP contribution is 2.25. The number of carbonyl (C=O) groups excluding carboxylic acids is 1. The molecule has 0 aliphatic heterocycles. The fourth-order valence-corrected chi connectivity index (χ4v) is 4.15. The predicted octanol–water partition coefficient (Wildman–Crippen LogP) is 4.00. The average Bonchev–Trinajstić information content (AvgIpc) is 3.32. The Hall–Kier alpha value is -1.92. The van der Waals surface area contributed by atoms with Gasteiger partial charge in [-0.15, -0.1) is 16.4 Å². The number of benzene rings is 1. The normalized spacial score (nSPS) is 13.2. The molecular weight excluding hydrogens is 326 g/mol. The molecule has 0 spiro atoms. The summed E-state index contributed by atoms with van der Waals surface area (Å²) in [5.41, 5.74) is 3.52. The van der Waals surface area contributed by atoms with Crippen LogP contribution in [0, 0.1) is 0 Å². The smallest absolute Gasteiger partial charge is 0.209 e. The maximum Gasteiger partial charge on any atom is 0.209 e. The van der Waals surface area contributed by atoms with Gasteiger partial charge in [0.05, 0.1) is 10.6 Å². The minimum absolute atomic E-state index is 0.132. The van der Waals surface area contributed by atoms with E-state index in [-0.39, 0.29) is 5.78 Å². The van der Waals surface area contributed by atoms with E-state index < -0.39 is 0 Å². The summed E-state index contributed by atoms with van der Waals surface area (Å²) in [6.45, 7) is 0. The first-order chi connectivity index (χ1) is 11.3. The zero-order valence-electron chi connectivity index (χ0n) is 12.4. The Kier molecular flexibility index (Phi) is 4.01. The highest BCUT2D eigenvalue weighted by molar-refractivity contribution is 7.99. The quantitative estimate of drug-likeness (QED) is 0.563. The molecule has 4 rings (SSSR count). The molecule has 23 heavy (non-hydrogen) atoms. The van der Waals surface area contributed by atoms with Crippen LogP contribution < -0.4 is 0 Å². The third-order valence-corrected chi connectivity index (χ3v) is 5.70. The van der Waals surface area contributed by atoms with Crippen molar-refractivity contribution >= 4 is 28.9 Å². The van der Waals surface area contributed by atoms with E-state index in [4.69, 9.17) is 0 Å². The molecule has 1 aliphatic carbocycles. The fourth-order valence-electron chi connectivity index (χ4n) is 2.79. The van der Waals surface area contributed by atoms with E-state index in [0.29, 0.717) is 10.9 Å². The Morgan fingerprint density at radius 1 is 1.26 bits per heavy atom. The van der Waals surface area contributed by atoms with Gasteiger partial charge in [0.2, 0.25) is 5.16 Å². The summed E-state index contributed by atoms with van der Waals surface area (Å²) in [7, 11) is 0. The predicted molar refractivity (Wildman–Crippen MR) is 93.2 cm³/mol. The van der Waals surface area contributed by atoms with Crippen LogP contribution in [-0.4, -0.2) is 26.7 Å². The van der Waals surface area contributed by atoms with Gasteiger partial charge in [-0.1, -0.05) is 30.0 Å². The lowest BCUT2D eigenvalue weighted by atomic mass is 10.0. The molecule has 0 atom stereocenters. The lowest BCUT2D eigenvalue weighted by Crippen LogP contribution is -2.03. The first-order valence-electron chi connectivity index (χ1n) is 7.54. The van der Waals surface area contributed by atoms with Gasteiger partial charge in [0.15, 0.2) is 11.6 Å². The Balaban J connectivity index is 1.42. The molecule has 6 heteroatoms. The van der Waals surface area contributed by atoms with Crippen LogP contribution in [0.4, 0.5) is 0 Å². The number of H-pyrrole nitrogens is 1. The van der Waals surface area contributed by atoms with Crippen LogP contribution in [0.5, 0.6) is 0 Å². The average molecular weight is 341 g/mol. The highest BCUT2D eigenvalue weighted by Gasteiger charge is 2.15. The van der Waals surface area contributed by atoms with Crippen molar-refractivity contribution < 1.29 is 4.79 Å². The molecule has 2 heterocycles. The number of fused-ring (bicyclic) bond motifs is 1. The van der Waals surface area contributed by atoms with Crippen LogP contribution in [-0.2, 0) is 12.8 Å². The lowest BCUT2D eigenvalue weighted by Gasteiger charge is -2.03. The topological polar surface area (TPSA) is 58.6 Å². The van der Waals surface area contributed by atoms with E-state index in [1.165, 1.54) is 29.3 Å². The summed E-state index contributed by atoms with van der Waals surface area (Å²) in [6, 6.07) is 10.1. The first kappa shape index (κ1) is 14.7. The summed E-state index contributed by atoms with van der Waals surface area (Å²) in [4.78, 5) is 17.8. The van der Waals surface area contributed by atoms with E-state index >= 15 is 0 Å². The van der Waals surface area contributed by atoms with E-state index in [0.717, 1.165) is 29.1 Å². The van der Waals surface area contributed by atoms with Gasteiger partial charge in [0, 0.05) is 5.56 Å². The van der Waals surface area contributed by atoms with Crippen molar-refractivity contribution in [2.24, 2.45) is 0 Å². The van der Waals surface area contributed by atoms with Gasteiger partial charge in [-0.05, 0) is 47.9 Å². The highest BCUT2D eigenvalue weighted by atomic mass is 32.2. The lowest BCUT2D eigenvalue weighted by molar-refractivity contribution is 0.102. The van der Waals surface area contributed by atoms with Crippen LogP contribution in [0.25, 0.3) is 10.7 Å². The standard InChI is InChI=1S/C17H15N3OS2/c21-14(13-7-6-11-3-1-4-12(11)9-13)10-23-17-18-16(19-20-17)15-5-2-8-22-15/h2,5-9H,1,3-4,10H2,(H,18,19,20). The first-order valence-corrected chi connectivity index (χ1v) is 9.40. The molecule has 116 valence electrons. The van der Waals surface area contributed by atoms with Crippen molar-refractivity contribution in [3.8, 4) is 10.7 Å². The third-order valence-electron chi connectivity index (χ3n) is 3.97. The second-order valence-electron chi connectivity index (χ2n) is 5.49. The van der Waals surface area contributed by atoms with Crippen LogP contribution in [0.3, 0.4) is 0 Å². The molecule has 0 saturated carbocycles. The van der Waals surface area contributed by atoms with Crippen LogP contribution in [0.1, 0.15) is 27.9 Å². The molecule has 0 amide bonds. The van der Waals surface area contributed by atoms with Gasteiger partial charge < -0.3 is 0 Å². The van der Waals surface area contributed by atoms with Crippen LogP contribution in [0.15, 0.2) is 40.9 Å². The molecule has 1 N–H and O–H groups in total. The van der Waals surface area contributed by atoms with Crippen molar-refractivity contribution in [1.82, 2.24) is 15.2 Å². The molecule has 0 saturated heterocycles. The molecule has 1 aliphatic rings. The summed E-state index contributed by atoms with van der Waals surface area (Å²) >= 11 is 2.99. The molecular formula is C17H15N3OS2. The van der Waals surface area contributed by atoms with Crippen molar-refractivity contribution in [3.63, 3.8) is 0 Å². The van der Waals surface area contributed by atoms with Gasteiger partial charge in [-0.2, -0.15) is 0 Å². The number of nitrogens with one attached hydrogen (secondary N) is 1. The fraction of sp³-hybridized carbons (Fsp3) is 0.235. The van der Waals surface area contributed by atoms with Crippen LogP contribution in [0.2, 0.25) is 0 Å². The van der Waals surface area contributed by atoms with Crippen LogP contribution >= 0.6 is 23.1 Å². The SMILES string of the molecule is O=C(CSc1n[nH]c(-c2cccs2)n1)c1ccc2c(c1)CCC2. The second-order valence-corrected chi connectivity index (χ2v) is 7.38. The summed E-state index contributed by atoms with van der Waals surface area (Å²) < 4.78 is 0. The number of aromatic amines is 1. The Bertz CT molecular complexity index is 839. The van der Waals surface area contributed by atoms with Gasteiger partial charge in [0.25, 0.3) is 0 Å². The number of aromatic nitrogens is 3. The zero-order valence-corrected chi connectivity index (χ0v) is 14.0. The molecule has 0 radical (unpaired) electrons. The number of nitrogens with zero attached hydrogens (tertiary/aromatic N) is 2. The van der Waals surface area contributed by atoms with Crippen molar-refractivity contribution in [2.45, 2.75) is 24.4 Å². The minimum Gasteiger partial charge on any atom is -0.293 e. The number of hydrogen-bond acceptors (Lipinski definition) is 5. The van der Waals surface area contributed by atoms with Gasteiger partial charge in [0.1, 0.15) is 0 Å². The molecule has 0 unspecified atom stereocenters. The Morgan fingerprint density at radius 3 is 3.04 bits per heavy atom. The van der Waals surface area contributed by atoms with Gasteiger partial charge >= 0.3 is 0 Å². The van der Waals surface area contributed by atoms with Gasteiger partial charge in [-0.25, -0.2) is 4.98 Å². The number of thioether (sulfide) groups is 1. The summed E-state index contributed by atoms with van der Waals surface area (Å²) in [5, 5.41) is 9.72. The zero-order chi connectivity index (χ0) is 15.6. The minimum atomic E-state index is 0.132. The second kappa shape index (κ2) is 6.29. The third kappa shape index (κ3) is 3.09. The van der Waals surface area contributed by atoms with Gasteiger partial charge in [-0.3, -0.25) is 9.89 Å². The van der Waals surface area contributed by atoms with E-state index in [1.807, 2.05) is 23.6 Å². The number of thiophene rings is 1. The number of ketones is 1. The Labute approximate surface area is 142 Å². The molecule has 3 aromatic rings. The molecule has 0 bridgehead atoms. The van der Waals surface area contributed by atoms with E-state index in [9.17, 15) is 4.79 Å².